The molecule has 0 aliphatic heterocycles. The molecule has 1 aliphatic carbocycles. The molecule has 4 nitrogen and oxygen atoms in total. The van der Waals surface area contributed by atoms with Crippen LogP contribution in [0.5, 0.6) is 0 Å². The Bertz CT molecular complexity index is 384. The highest BCUT2D eigenvalue weighted by atomic mass is 15.2. The molecular formula is C16H28N4. The van der Waals surface area contributed by atoms with Gasteiger partial charge in [-0.3, -0.25) is 4.98 Å². The zero-order valence-electron chi connectivity index (χ0n) is 13.1. The smallest absolute Gasteiger partial charge is 0.147 e. The maximum Gasteiger partial charge on any atom is 0.147 e. The van der Waals surface area contributed by atoms with Crippen molar-refractivity contribution in [3.05, 3.63) is 18.1 Å². The van der Waals surface area contributed by atoms with Gasteiger partial charge in [0.15, 0.2) is 0 Å². The first-order valence-electron chi connectivity index (χ1n) is 8.01. The third kappa shape index (κ3) is 4.75. The molecule has 1 N–H and O–H groups in total. The molecule has 2 rings (SSSR count). The Morgan fingerprint density at radius 2 is 2.05 bits per heavy atom. The van der Waals surface area contributed by atoms with Crippen LogP contribution < -0.4 is 10.2 Å². The Balaban J connectivity index is 1.89. The fourth-order valence-electron chi connectivity index (χ4n) is 2.29. The molecule has 1 saturated carbocycles. The lowest BCUT2D eigenvalue weighted by molar-refractivity contribution is 0.616. The second-order valence-corrected chi connectivity index (χ2v) is 6.02. The summed E-state index contributed by atoms with van der Waals surface area (Å²) < 4.78 is 0. The summed E-state index contributed by atoms with van der Waals surface area (Å²) in [4.78, 5) is 11.5. The molecule has 1 fully saturated rings. The largest absolute Gasteiger partial charge is 0.353 e. The van der Waals surface area contributed by atoms with Gasteiger partial charge in [0.2, 0.25) is 0 Å². The van der Waals surface area contributed by atoms with E-state index in [0.717, 1.165) is 30.6 Å². The van der Waals surface area contributed by atoms with Crippen molar-refractivity contribution < 1.29 is 0 Å². The first kappa shape index (κ1) is 15.2. The Kier molecular flexibility index (Phi) is 5.77. The molecule has 0 bridgehead atoms. The molecule has 1 aliphatic rings. The van der Waals surface area contributed by atoms with Crippen LogP contribution in [0.25, 0.3) is 0 Å². The van der Waals surface area contributed by atoms with Crippen LogP contribution in [0.15, 0.2) is 12.4 Å². The predicted octanol–water partition coefficient (Wildman–Crippen LogP) is 3.13. The van der Waals surface area contributed by atoms with E-state index in [2.05, 4.69) is 41.0 Å². The van der Waals surface area contributed by atoms with Gasteiger partial charge in [0.1, 0.15) is 5.82 Å². The van der Waals surface area contributed by atoms with Crippen LogP contribution >= 0.6 is 0 Å². The highest BCUT2D eigenvalue weighted by Crippen LogP contribution is 2.19. The average Bonchev–Trinajstić information content (AvgIpc) is 3.26. The average molecular weight is 276 g/mol. The molecule has 4 heteroatoms. The van der Waals surface area contributed by atoms with Crippen LogP contribution in [-0.4, -0.2) is 28.6 Å². The van der Waals surface area contributed by atoms with Gasteiger partial charge in [-0.1, -0.05) is 19.8 Å². The Morgan fingerprint density at radius 3 is 2.60 bits per heavy atom. The van der Waals surface area contributed by atoms with Gasteiger partial charge in [-0.2, -0.15) is 0 Å². The number of nitrogens with one attached hydrogen (secondary N) is 1. The van der Waals surface area contributed by atoms with E-state index in [0.29, 0.717) is 6.04 Å². The number of nitrogens with zero attached hydrogens (tertiary/aromatic N) is 3. The Hall–Kier alpha value is -1.16. The second kappa shape index (κ2) is 7.58. The number of hydrogen-bond acceptors (Lipinski definition) is 4. The van der Waals surface area contributed by atoms with Crippen LogP contribution in [0.3, 0.4) is 0 Å². The van der Waals surface area contributed by atoms with Crippen LogP contribution in [0.4, 0.5) is 5.82 Å². The lowest BCUT2D eigenvalue weighted by Crippen LogP contribution is -2.32. The van der Waals surface area contributed by atoms with Gasteiger partial charge >= 0.3 is 0 Å². The van der Waals surface area contributed by atoms with Crippen molar-refractivity contribution in [2.75, 3.05) is 11.4 Å². The van der Waals surface area contributed by atoms with Gasteiger partial charge in [-0.15, -0.1) is 0 Å². The number of hydrogen-bond donors (Lipinski definition) is 1. The van der Waals surface area contributed by atoms with Gasteiger partial charge in [0.05, 0.1) is 18.1 Å². The van der Waals surface area contributed by atoms with Crippen LogP contribution in [-0.2, 0) is 6.54 Å². The molecule has 1 aromatic rings. The van der Waals surface area contributed by atoms with Gasteiger partial charge in [0, 0.05) is 25.2 Å². The topological polar surface area (TPSA) is 41.1 Å². The van der Waals surface area contributed by atoms with Crippen molar-refractivity contribution in [2.24, 2.45) is 0 Å². The second-order valence-electron chi connectivity index (χ2n) is 6.02. The summed E-state index contributed by atoms with van der Waals surface area (Å²) in [6.07, 6.45) is 10.2. The standard InChI is InChI=1S/C16H28N4/c1-4-5-6-9-20(13(2)3)16-12-18-15(11-19-16)10-17-14-7-8-14/h11-14,17H,4-10H2,1-3H3. The number of unbranched alkanes of at least 4 members (excludes halogenated alkanes) is 2. The van der Waals surface area contributed by atoms with E-state index in [-0.39, 0.29) is 0 Å². The molecule has 1 heterocycles. The summed E-state index contributed by atoms with van der Waals surface area (Å²) in [6, 6.07) is 1.19. The molecule has 0 radical (unpaired) electrons. The number of rotatable bonds is 9. The van der Waals surface area contributed by atoms with E-state index < -0.39 is 0 Å². The zero-order chi connectivity index (χ0) is 14.4. The molecule has 0 aromatic carbocycles. The van der Waals surface area contributed by atoms with Crippen molar-refractivity contribution >= 4 is 5.82 Å². The van der Waals surface area contributed by atoms with E-state index >= 15 is 0 Å². The fourth-order valence-corrected chi connectivity index (χ4v) is 2.29. The number of anilines is 1. The van der Waals surface area contributed by atoms with Crippen LogP contribution in [0, 0.1) is 0 Å². The minimum Gasteiger partial charge on any atom is -0.353 e. The van der Waals surface area contributed by atoms with Crippen molar-refractivity contribution in [1.29, 1.82) is 0 Å². The lowest BCUT2D eigenvalue weighted by Gasteiger charge is -2.27. The Morgan fingerprint density at radius 1 is 1.25 bits per heavy atom. The van der Waals surface area contributed by atoms with Crippen molar-refractivity contribution in [2.45, 2.75) is 71.5 Å². The first-order valence-corrected chi connectivity index (χ1v) is 8.01. The summed E-state index contributed by atoms with van der Waals surface area (Å²) in [7, 11) is 0. The maximum atomic E-state index is 4.60. The van der Waals surface area contributed by atoms with Gasteiger partial charge in [-0.25, -0.2) is 4.98 Å². The van der Waals surface area contributed by atoms with Crippen LogP contribution in [0.1, 0.15) is 58.6 Å². The highest BCUT2D eigenvalue weighted by molar-refractivity contribution is 5.36. The minimum atomic E-state index is 0.469. The molecule has 0 unspecified atom stereocenters. The molecule has 0 saturated heterocycles. The van der Waals surface area contributed by atoms with Gasteiger partial charge < -0.3 is 10.2 Å². The molecule has 0 atom stereocenters. The minimum absolute atomic E-state index is 0.469. The predicted molar refractivity (Wildman–Crippen MR) is 83.9 cm³/mol. The monoisotopic (exact) mass is 276 g/mol. The maximum absolute atomic E-state index is 4.60. The summed E-state index contributed by atoms with van der Waals surface area (Å²) in [5.41, 5.74) is 1.04. The molecular weight excluding hydrogens is 248 g/mol. The van der Waals surface area contributed by atoms with Crippen molar-refractivity contribution in [1.82, 2.24) is 15.3 Å². The van der Waals surface area contributed by atoms with Gasteiger partial charge in [0.25, 0.3) is 0 Å². The molecule has 20 heavy (non-hydrogen) atoms. The van der Waals surface area contributed by atoms with E-state index in [1.54, 1.807) is 0 Å². The summed E-state index contributed by atoms with van der Waals surface area (Å²) in [5.74, 6) is 1.01. The van der Waals surface area contributed by atoms with Crippen LogP contribution in [0.2, 0.25) is 0 Å². The number of aromatic nitrogens is 2. The summed E-state index contributed by atoms with van der Waals surface area (Å²) in [6.45, 7) is 8.59. The third-order valence-corrected chi connectivity index (χ3v) is 3.76. The molecule has 0 amide bonds. The van der Waals surface area contributed by atoms with E-state index in [4.69, 9.17) is 0 Å². The third-order valence-electron chi connectivity index (χ3n) is 3.76. The fraction of sp³-hybridized carbons (Fsp3) is 0.750. The van der Waals surface area contributed by atoms with E-state index in [1.807, 2.05) is 12.4 Å². The van der Waals surface area contributed by atoms with Gasteiger partial charge in [-0.05, 0) is 33.1 Å². The van der Waals surface area contributed by atoms with E-state index in [9.17, 15) is 0 Å². The van der Waals surface area contributed by atoms with E-state index in [1.165, 1.54) is 32.1 Å². The summed E-state index contributed by atoms with van der Waals surface area (Å²) in [5, 5.41) is 3.47. The van der Waals surface area contributed by atoms with Crippen molar-refractivity contribution in [3.8, 4) is 0 Å². The molecule has 112 valence electrons. The van der Waals surface area contributed by atoms with Crippen molar-refractivity contribution in [3.63, 3.8) is 0 Å². The normalized spacial score (nSPS) is 14.8. The molecule has 0 spiro atoms. The zero-order valence-corrected chi connectivity index (χ0v) is 13.1. The SMILES string of the molecule is CCCCCN(c1cnc(CNC2CC2)cn1)C(C)C. The molecule has 1 aromatic heterocycles. The quantitative estimate of drug-likeness (QED) is 0.704. The lowest BCUT2D eigenvalue weighted by atomic mass is 10.2. The highest BCUT2D eigenvalue weighted by Gasteiger charge is 2.20. The Labute approximate surface area is 123 Å². The summed E-state index contributed by atoms with van der Waals surface area (Å²) >= 11 is 0. The first-order chi connectivity index (χ1) is 9.70.